The highest BCUT2D eigenvalue weighted by atomic mass is 32.2. The number of amides is 1. The molecule has 9 nitrogen and oxygen atoms in total. The first kappa shape index (κ1) is 20.3. The second-order valence-corrected chi connectivity index (χ2v) is 10.0. The number of anilines is 2. The van der Waals surface area contributed by atoms with E-state index in [4.69, 9.17) is 0 Å². The Morgan fingerprint density at radius 2 is 2.00 bits per heavy atom. The minimum Gasteiger partial charge on any atom is -0.465 e. The molecule has 1 saturated heterocycles. The second kappa shape index (κ2) is 7.55. The van der Waals surface area contributed by atoms with Gasteiger partial charge in [-0.1, -0.05) is 0 Å². The predicted octanol–water partition coefficient (Wildman–Crippen LogP) is 2.70. The molecule has 0 bridgehead atoms. The molecule has 28 heavy (non-hydrogen) atoms. The summed E-state index contributed by atoms with van der Waals surface area (Å²) < 4.78 is 31.0. The van der Waals surface area contributed by atoms with Crippen LogP contribution in [-0.4, -0.2) is 58.5 Å². The molecular formula is C17H23N5O4S2. The Bertz CT molecular complexity index is 923. The van der Waals surface area contributed by atoms with Crippen molar-refractivity contribution in [1.29, 1.82) is 0 Å². The summed E-state index contributed by atoms with van der Waals surface area (Å²) in [6.07, 6.45) is 1.08. The van der Waals surface area contributed by atoms with E-state index < -0.39 is 21.7 Å². The SMILES string of the molecule is CC(C)(C)N(C(=O)O)[C@@H]1CCN(c2ccc(S(=O)(=O)Nc3ncns3)cc2)C1. The third kappa shape index (κ3) is 4.36. The molecule has 1 amide bonds. The molecule has 2 aromatic rings. The van der Waals surface area contributed by atoms with Crippen LogP contribution in [0.3, 0.4) is 0 Å². The molecule has 0 aliphatic carbocycles. The molecule has 3 rings (SSSR count). The van der Waals surface area contributed by atoms with Crippen LogP contribution in [0.5, 0.6) is 0 Å². The van der Waals surface area contributed by atoms with E-state index in [1.807, 2.05) is 20.8 Å². The molecule has 1 aliphatic heterocycles. The van der Waals surface area contributed by atoms with Crippen molar-refractivity contribution in [1.82, 2.24) is 14.3 Å². The number of nitrogens with one attached hydrogen (secondary N) is 1. The lowest BCUT2D eigenvalue weighted by atomic mass is 10.0. The second-order valence-electron chi connectivity index (χ2n) is 7.56. The summed E-state index contributed by atoms with van der Waals surface area (Å²) >= 11 is 0.963. The average Bonchev–Trinajstić information content (AvgIpc) is 3.25. The van der Waals surface area contributed by atoms with Gasteiger partial charge in [0.2, 0.25) is 5.13 Å². The quantitative estimate of drug-likeness (QED) is 0.756. The normalized spacial score (nSPS) is 17.5. The van der Waals surface area contributed by atoms with Crippen LogP contribution in [0.25, 0.3) is 0 Å². The van der Waals surface area contributed by atoms with E-state index in [2.05, 4.69) is 19.0 Å². The van der Waals surface area contributed by atoms with E-state index in [1.54, 1.807) is 12.1 Å². The first-order chi connectivity index (χ1) is 13.1. The van der Waals surface area contributed by atoms with E-state index in [0.29, 0.717) is 13.1 Å². The van der Waals surface area contributed by atoms with E-state index in [-0.39, 0.29) is 16.1 Å². The first-order valence-corrected chi connectivity index (χ1v) is 11.0. The van der Waals surface area contributed by atoms with Crippen LogP contribution in [0.1, 0.15) is 27.2 Å². The number of nitrogens with zero attached hydrogens (tertiary/aromatic N) is 4. The lowest BCUT2D eigenvalue weighted by Gasteiger charge is -2.38. The highest BCUT2D eigenvalue weighted by molar-refractivity contribution is 7.93. The smallest absolute Gasteiger partial charge is 0.408 e. The van der Waals surface area contributed by atoms with Gasteiger partial charge in [-0.3, -0.25) is 9.62 Å². The first-order valence-electron chi connectivity index (χ1n) is 8.75. The summed E-state index contributed by atoms with van der Waals surface area (Å²) in [6, 6.07) is 6.42. The maximum Gasteiger partial charge on any atom is 0.408 e. The van der Waals surface area contributed by atoms with Crippen molar-refractivity contribution in [3.05, 3.63) is 30.6 Å². The Balaban J connectivity index is 1.71. The standard InChI is InChI=1S/C17H23N5O4S2/c1-17(2,3)22(16(23)24)13-8-9-21(10-13)12-4-6-14(7-5-12)28(25,26)20-15-18-11-19-27-15/h4-7,11,13H,8-10H2,1-3H3,(H,23,24)(H,18,19,20)/t13-/m1/s1. The van der Waals surface area contributed by atoms with Crippen LogP contribution in [0.2, 0.25) is 0 Å². The van der Waals surface area contributed by atoms with Gasteiger partial charge in [0, 0.05) is 35.8 Å². The Kier molecular flexibility index (Phi) is 5.48. The van der Waals surface area contributed by atoms with Crippen LogP contribution in [0.4, 0.5) is 15.6 Å². The van der Waals surface area contributed by atoms with Crippen LogP contribution < -0.4 is 9.62 Å². The average molecular weight is 426 g/mol. The third-order valence-electron chi connectivity index (χ3n) is 4.55. The van der Waals surface area contributed by atoms with Gasteiger partial charge in [0.05, 0.1) is 10.9 Å². The minimum absolute atomic E-state index is 0.111. The number of sulfonamides is 1. The summed E-state index contributed by atoms with van der Waals surface area (Å²) in [5, 5.41) is 9.79. The van der Waals surface area contributed by atoms with E-state index in [9.17, 15) is 18.3 Å². The summed E-state index contributed by atoms with van der Waals surface area (Å²) in [5.41, 5.74) is 0.373. The summed E-state index contributed by atoms with van der Waals surface area (Å²) in [5.74, 6) is 0. The number of hydrogen-bond acceptors (Lipinski definition) is 7. The minimum atomic E-state index is -3.72. The largest absolute Gasteiger partial charge is 0.465 e. The van der Waals surface area contributed by atoms with Gasteiger partial charge in [-0.2, -0.15) is 4.37 Å². The fourth-order valence-electron chi connectivity index (χ4n) is 3.41. The van der Waals surface area contributed by atoms with Crippen LogP contribution in [0, 0.1) is 0 Å². The van der Waals surface area contributed by atoms with Gasteiger partial charge < -0.3 is 10.0 Å². The third-order valence-corrected chi connectivity index (χ3v) is 6.62. The molecule has 1 aromatic carbocycles. The van der Waals surface area contributed by atoms with E-state index >= 15 is 0 Å². The number of aromatic nitrogens is 2. The van der Waals surface area contributed by atoms with Gasteiger partial charge in [0.1, 0.15) is 6.33 Å². The van der Waals surface area contributed by atoms with E-state index in [1.165, 1.54) is 23.4 Å². The number of rotatable bonds is 5. The number of benzene rings is 1. The lowest BCUT2D eigenvalue weighted by molar-refractivity contribution is 0.0763. The zero-order chi connectivity index (χ0) is 20.5. The van der Waals surface area contributed by atoms with Gasteiger partial charge in [-0.15, -0.1) is 0 Å². The molecule has 1 atom stereocenters. The molecular weight excluding hydrogens is 402 g/mol. The molecule has 1 aromatic heterocycles. The molecule has 2 N–H and O–H groups in total. The number of carboxylic acid groups (broad SMARTS) is 1. The lowest BCUT2D eigenvalue weighted by Crippen LogP contribution is -2.52. The molecule has 0 saturated carbocycles. The van der Waals surface area contributed by atoms with Crippen LogP contribution >= 0.6 is 11.5 Å². The van der Waals surface area contributed by atoms with E-state index in [0.717, 1.165) is 23.6 Å². The fourth-order valence-corrected chi connectivity index (χ4v) is 5.07. The molecule has 0 unspecified atom stereocenters. The molecule has 11 heteroatoms. The Morgan fingerprint density at radius 3 is 2.54 bits per heavy atom. The zero-order valence-electron chi connectivity index (χ0n) is 15.9. The molecule has 1 aliphatic rings. The molecule has 0 radical (unpaired) electrons. The maximum absolute atomic E-state index is 12.4. The van der Waals surface area contributed by atoms with Gasteiger partial charge in [0.15, 0.2) is 0 Å². The zero-order valence-corrected chi connectivity index (χ0v) is 17.5. The Morgan fingerprint density at radius 1 is 1.32 bits per heavy atom. The van der Waals surface area contributed by atoms with Crippen molar-refractivity contribution in [3.8, 4) is 0 Å². The molecule has 0 spiro atoms. The monoisotopic (exact) mass is 425 g/mol. The molecule has 1 fully saturated rings. The Hall–Kier alpha value is -2.40. The summed E-state index contributed by atoms with van der Waals surface area (Å²) in [6.45, 7) is 6.93. The van der Waals surface area contributed by atoms with Crippen LogP contribution in [0.15, 0.2) is 35.5 Å². The van der Waals surface area contributed by atoms with Gasteiger partial charge in [-0.25, -0.2) is 18.2 Å². The van der Waals surface area contributed by atoms with Crippen molar-refractivity contribution >= 4 is 38.5 Å². The number of hydrogen-bond donors (Lipinski definition) is 2. The van der Waals surface area contributed by atoms with Gasteiger partial charge in [-0.05, 0) is 51.5 Å². The van der Waals surface area contributed by atoms with Crippen molar-refractivity contribution < 1.29 is 18.3 Å². The predicted molar refractivity (Wildman–Crippen MR) is 107 cm³/mol. The maximum atomic E-state index is 12.4. The van der Waals surface area contributed by atoms with Crippen LogP contribution in [-0.2, 0) is 10.0 Å². The van der Waals surface area contributed by atoms with Gasteiger partial charge >= 0.3 is 6.09 Å². The molecule has 152 valence electrons. The summed E-state index contributed by atoms with van der Waals surface area (Å²) in [4.78, 5) is 19.2. The van der Waals surface area contributed by atoms with Crippen molar-refractivity contribution in [2.24, 2.45) is 0 Å². The number of carbonyl (C=O) groups is 1. The fraction of sp³-hybridized carbons (Fsp3) is 0.471. The van der Waals surface area contributed by atoms with Gasteiger partial charge in [0.25, 0.3) is 10.0 Å². The highest BCUT2D eigenvalue weighted by Gasteiger charge is 2.37. The summed E-state index contributed by atoms with van der Waals surface area (Å²) in [7, 11) is -3.72. The van der Waals surface area contributed by atoms with Crippen molar-refractivity contribution in [3.63, 3.8) is 0 Å². The Labute approximate surface area is 168 Å². The van der Waals surface area contributed by atoms with Crippen molar-refractivity contribution in [2.75, 3.05) is 22.7 Å². The highest BCUT2D eigenvalue weighted by Crippen LogP contribution is 2.28. The topological polar surface area (TPSA) is 116 Å². The van der Waals surface area contributed by atoms with Crippen molar-refractivity contribution in [2.45, 2.75) is 43.7 Å². The molecule has 2 heterocycles.